The Morgan fingerprint density at radius 3 is 2.10 bits per heavy atom. The van der Waals surface area contributed by atoms with Crippen LogP contribution in [0.4, 0.5) is 0 Å². The van der Waals surface area contributed by atoms with E-state index in [0.717, 1.165) is 23.7 Å². The van der Waals surface area contributed by atoms with Crippen LogP contribution in [0.15, 0.2) is 12.2 Å². The van der Waals surface area contributed by atoms with Gasteiger partial charge in [0, 0.05) is 0 Å². The largest absolute Gasteiger partial charge is 0.412 e. The first-order chi connectivity index (χ1) is 13.7. The van der Waals surface area contributed by atoms with Crippen molar-refractivity contribution in [2.75, 3.05) is 0 Å². The molecule has 0 radical (unpaired) electrons. The average Bonchev–Trinajstić information content (AvgIpc) is 2.83. The van der Waals surface area contributed by atoms with Crippen LogP contribution in [0, 0.1) is 34.5 Å². The molecule has 0 heterocycles. The van der Waals surface area contributed by atoms with E-state index in [9.17, 15) is 0 Å². The van der Waals surface area contributed by atoms with Gasteiger partial charge in [-0.3, -0.25) is 0 Å². The van der Waals surface area contributed by atoms with Crippen molar-refractivity contribution in [1.82, 2.24) is 0 Å². The summed E-state index contributed by atoms with van der Waals surface area (Å²) in [5.74, 6) is 3.39. The van der Waals surface area contributed by atoms with E-state index in [1.54, 1.807) is 0 Å². The van der Waals surface area contributed by atoms with Gasteiger partial charge in [0.25, 0.3) is 0 Å². The first kappa shape index (κ1) is 23.3. The maximum atomic E-state index is 6.94. The second kappa shape index (κ2) is 7.30. The van der Waals surface area contributed by atoms with E-state index in [1.807, 2.05) is 0 Å². The van der Waals surface area contributed by atoms with Gasteiger partial charge in [0.1, 0.15) is 0 Å². The number of rotatable bonds is 4. The minimum Gasteiger partial charge on any atom is -0.412 e. The minimum absolute atomic E-state index is 0.0868. The van der Waals surface area contributed by atoms with Crippen LogP contribution in [0.25, 0.3) is 0 Å². The monoisotopic (exact) mass is 448 g/mol. The second-order valence-corrected chi connectivity index (χ2v) is 22.7. The summed E-state index contributed by atoms with van der Waals surface area (Å²) >= 11 is 0. The molecule has 5 unspecified atom stereocenters. The standard InChI is InChI=1S/C26H48O2Si2/c1-24-15-12-20(27-29(4,5)6)18-19(24)10-11-21-22(24)13-16-25(2)23(21)14-17-26(25,3)28-30(7,8)9/h12,15,19-23H,10-11,13-14,16-18H2,1-9H3/t19-,20-,21?,22?,23?,24?,25?,26-/m1/s1. The molecule has 4 rings (SSSR count). The molecule has 3 saturated carbocycles. The minimum atomic E-state index is -1.55. The van der Waals surface area contributed by atoms with Crippen molar-refractivity contribution < 1.29 is 8.85 Å². The lowest BCUT2D eigenvalue weighted by Crippen LogP contribution is -2.57. The molecule has 0 aromatic rings. The second-order valence-electron chi connectivity index (χ2n) is 13.8. The van der Waals surface area contributed by atoms with Crippen LogP contribution in [-0.4, -0.2) is 28.3 Å². The normalized spacial score (nSPS) is 48.8. The van der Waals surface area contributed by atoms with E-state index >= 15 is 0 Å². The van der Waals surface area contributed by atoms with Crippen LogP contribution in [0.5, 0.6) is 0 Å². The third-order valence-electron chi connectivity index (χ3n) is 9.72. The smallest absolute Gasteiger partial charge is 0.184 e. The summed E-state index contributed by atoms with van der Waals surface area (Å²) in [5.41, 5.74) is 0.825. The highest BCUT2D eigenvalue weighted by Crippen LogP contribution is 2.68. The SMILES string of the molecule is CC12C=C[C@@H](O[Si](C)(C)C)C[C@H]1CCC1C2CCC2(C)C1CC[C@@]2(C)O[Si](C)(C)C. The van der Waals surface area contributed by atoms with Crippen molar-refractivity contribution in [3.05, 3.63) is 12.2 Å². The van der Waals surface area contributed by atoms with E-state index in [4.69, 9.17) is 8.85 Å². The van der Waals surface area contributed by atoms with Crippen molar-refractivity contribution in [3.8, 4) is 0 Å². The van der Waals surface area contributed by atoms with Gasteiger partial charge in [-0.05, 0) is 126 Å². The summed E-state index contributed by atoms with van der Waals surface area (Å²) in [6, 6.07) is 0. The van der Waals surface area contributed by atoms with Crippen LogP contribution in [0.3, 0.4) is 0 Å². The van der Waals surface area contributed by atoms with Gasteiger partial charge in [-0.2, -0.15) is 0 Å². The molecule has 2 nitrogen and oxygen atoms in total. The topological polar surface area (TPSA) is 18.5 Å². The van der Waals surface area contributed by atoms with Crippen LogP contribution in [-0.2, 0) is 8.85 Å². The highest BCUT2D eigenvalue weighted by atomic mass is 28.4. The van der Waals surface area contributed by atoms with Crippen LogP contribution < -0.4 is 0 Å². The van der Waals surface area contributed by atoms with E-state index in [-0.39, 0.29) is 5.60 Å². The van der Waals surface area contributed by atoms with Gasteiger partial charge < -0.3 is 8.85 Å². The van der Waals surface area contributed by atoms with E-state index in [1.165, 1.54) is 44.9 Å². The van der Waals surface area contributed by atoms with Crippen molar-refractivity contribution in [2.24, 2.45) is 34.5 Å². The van der Waals surface area contributed by atoms with E-state index in [0.29, 0.717) is 16.9 Å². The van der Waals surface area contributed by atoms with Crippen LogP contribution in [0.2, 0.25) is 39.3 Å². The Kier molecular flexibility index (Phi) is 5.66. The molecule has 30 heavy (non-hydrogen) atoms. The maximum Gasteiger partial charge on any atom is 0.184 e. The Hall–Kier alpha value is 0.0938. The fourth-order valence-electron chi connectivity index (χ4n) is 8.39. The Balaban J connectivity index is 1.56. The van der Waals surface area contributed by atoms with Gasteiger partial charge in [0.2, 0.25) is 0 Å². The third kappa shape index (κ3) is 3.86. The molecule has 4 aliphatic carbocycles. The third-order valence-corrected chi connectivity index (χ3v) is 11.8. The fourth-order valence-corrected chi connectivity index (χ4v) is 11.2. The molecule has 0 spiro atoms. The summed E-state index contributed by atoms with van der Waals surface area (Å²) < 4.78 is 13.4. The molecule has 0 bridgehead atoms. The Morgan fingerprint density at radius 2 is 1.47 bits per heavy atom. The lowest BCUT2D eigenvalue weighted by molar-refractivity contribution is -0.125. The van der Waals surface area contributed by atoms with Gasteiger partial charge in [-0.15, -0.1) is 0 Å². The van der Waals surface area contributed by atoms with E-state index < -0.39 is 16.6 Å². The van der Waals surface area contributed by atoms with Crippen LogP contribution >= 0.6 is 0 Å². The van der Waals surface area contributed by atoms with Crippen molar-refractivity contribution in [2.45, 2.75) is 117 Å². The highest BCUT2D eigenvalue weighted by Gasteiger charge is 2.64. The molecule has 4 heteroatoms. The average molecular weight is 449 g/mol. The maximum absolute atomic E-state index is 6.94. The zero-order valence-corrected chi connectivity index (χ0v) is 23.3. The Labute approximate surface area is 188 Å². The first-order valence-corrected chi connectivity index (χ1v) is 19.6. The summed E-state index contributed by atoms with van der Waals surface area (Å²) in [7, 11) is -3.04. The zero-order valence-electron chi connectivity index (χ0n) is 21.3. The van der Waals surface area contributed by atoms with Crippen molar-refractivity contribution >= 4 is 16.6 Å². The number of hydrogen-bond acceptors (Lipinski definition) is 2. The number of hydrogen-bond donors (Lipinski definition) is 0. The molecule has 3 fully saturated rings. The summed E-state index contributed by atoms with van der Waals surface area (Å²) in [6.07, 6.45) is 14.9. The molecule has 8 atom stereocenters. The first-order valence-electron chi connectivity index (χ1n) is 12.7. The summed E-state index contributed by atoms with van der Waals surface area (Å²) in [6.45, 7) is 21.8. The number of allylic oxidation sites excluding steroid dienone is 1. The zero-order chi connectivity index (χ0) is 22.2. The molecule has 0 N–H and O–H groups in total. The van der Waals surface area contributed by atoms with Crippen molar-refractivity contribution in [3.63, 3.8) is 0 Å². The molecule has 0 amide bonds. The predicted octanol–water partition coefficient (Wildman–Crippen LogP) is 7.64. The lowest BCUT2D eigenvalue weighted by Gasteiger charge is -2.61. The molecule has 0 aliphatic heterocycles. The molecular weight excluding hydrogens is 400 g/mol. The number of fused-ring (bicyclic) bond motifs is 5. The molecule has 0 saturated heterocycles. The molecule has 0 aromatic heterocycles. The molecule has 0 aromatic carbocycles. The van der Waals surface area contributed by atoms with Crippen molar-refractivity contribution in [1.29, 1.82) is 0 Å². The highest BCUT2D eigenvalue weighted by molar-refractivity contribution is 6.70. The molecular formula is C26H48O2Si2. The van der Waals surface area contributed by atoms with Gasteiger partial charge >= 0.3 is 0 Å². The predicted molar refractivity (Wildman–Crippen MR) is 133 cm³/mol. The van der Waals surface area contributed by atoms with Gasteiger partial charge in [0.05, 0.1) is 11.7 Å². The van der Waals surface area contributed by atoms with E-state index in [2.05, 4.69) is 72.2 Å². The molecule has 172 valence electrons. The van der Waals surface area contributed by atoms with Gasteiger partial charge in [0.15, 0.2) is 16.6 Å². The van der Waals surface area contributed by atoms with Crippen LogP contribution in [0.1, 0.15) is 65.7 Å². The summed E-state index contributed by atoms with van der Waals surface area (Å²) in [4.78, 5) is 0. The Bertz CT molecular complexity index is 692. The van der Waals surface area contributed by atoms with Gasteiger partial charge in [-0.1, -0.05) is 26.0 Å². The van der Waals surface area contributed by atoms with Gasteiger partial charge in [-0.25, -0.2) is 0 Å². The quantitative estimate of drug-likeness (QED) is 0.325. The lowest BCUT2D eigenvalue weighted by atomic mass is 9.45. The fraction of sp³-hybridized carbons (Fsp3) is 0.923. The molecule has 4 aliphatic rings. The Morgan fingerprint density at radius 1 is 0.800 bits per heavy atom. The summed E-state index contributed by atoms with van der Waals surface area (Å²) in [5, 5.41) is 0.